The van der Waals surface area contributed by atoms with Crippen molar-refractivity contribution in [1.82, 2.24) is 0 Å². The van der Waals surface area contributed by atoms with E-state index in [1.807, 2.05) is 13.8 Å². The Hall–Kier alpha value is -0.780. The summed E-state index contributed by atoms with van der Waals surface area (Å²) in [5.41, 5.74) is 6.28. The van der Waals surface area contributed by atoms with E-state index in [0.29, 0.717) is 0 Å². The third-order valence-corrected chi connectivity index (χ3v) is 5.03. The van der Waals surface area contributed by atoms with Gasteiger partial charge in [0.1, 0.15) is 0 Å². The fourth-order valence-corrected chi connectivity index (χ4v) is 3.53. The van der Waals surface area contributed by atoms with E-state index in [9.17, 15) is 0 Å². The Morgan fingerprint density at radius 1 is 0.667 bits per heavy atom. The molecule has 0 spiro atoms. The van der Waals surface area contributed by atoms with Gasteiger partial charge in [0.2, 0.25) is 0 Å². The van der Waals surface area contributed by atoms with Crippen molar-refractivity contribution in [2.75, 3.05) is 0 Å². The zero-order valence-electron chi connectivity index (χ0n) is 20.5. The van der Waals surface area contributed by atoms with Gasteiger partial charge in [0, 0.05) is 0 Å². The van der Waals surface area contributed by atoms with Crippen molar-refractivity contribution < 1.29 is 0 Å². The predicted octanol–water partition coefficient (Wildman–Crippen LogP) is 9.94. The van der Waals surface area contributed by atoms with Crippen LogP contribution in [0.3, 0.4) is 0 Å². The van der Waals surface area contributed by atoms with Crippen LogP contribution < -0.4 is 0 Å². The monoisotopic (exact) mass is 376 g/mol. The first-order valence-corrected chi connectivity index (χ1v) is 12.1. The van der Waals surface area contributed by atoms with Crippen LogP contribution in [-0.2, 0) is 6.42 Å². The highest BCUT2D eigenvalue weighted by Gasteiger charge is 2.15. The topological polar surface area (TPSA) is 0 Å². The molecule has 0 saturated heterocycles. The lowest BCUT2D eigenvalue weighted by atomic mass is 9.84. The van der Waals surface area contributed by atoms with Crippen LogP contribution in [0, 0.1) is 13.8 Å². The van der Waals surface area contributed by atoms with E-state index in [-0.39, 0.29) is 0 Å². The molecule has 0 nitrogen and oxygen atoms in total. The van der Waals surface area contributed by atoms with Crippen molar-refractivity contribution in [3.05, 3.63) is 34.4 Å². The molecule has 0 aliphatic rings. The molecular formula is C27H52. The smallest absolute Gasteiger partial charge is 0.0159 e. The molecule has 0 unspecified atom stereocenters. The number of benzene rings is 1. The standard InChI is InChI=1S/C22H38.C3H8.C2H6/c1-6-9-12-15-21-16-19(5)22(17-18(21)4)20(13-10-7-2)14-11-8-3;1-3-2;1-2/h16-17,20H,6-15H2,1-5H3;3H2,1-2H3;1-2H3. The van der Waals surface area contributed by atoms with Crippen LogP contribution in [-0.4, -0.2) is 0 Å². The quantitative estimate of drug-likeness (QED) is 0.337. The molecule has 1 aromatic rings. The summed E-state index contributed by atoms with van der Waals surface area (Å²) in [5, 5.41) is 0. The number of hydrogen-bond acceptors (Lipinski definition) is 0. The maximum atomic E-state index is 2.52. The minimum Gasteiger partial charge on any atom is -0.0683 e. The molecule has 0 heteroatoms. The first kappa shape index (κ1) is 28.4. The van der Waals surface area contributed by atoms with Gasteiger partial charge in [-0.2, -0.15) is 0 Å². The average Bonchev–Trinajstić information content (AvgIpc) is 2.67. The molecule has 0 radical (unpaired) electrons. The molecule has 27 heavy (non-hydrogen) atoms. The highest BCUT2D eigenvalue weighted by Crippen LogP contribution is 2.32. The second-order valence-corrected chi connectivity index (χ2v) is 7.78. The van der Waals surface area contributed by atoms with Gasteiger partial charge in [-0.3, -0.25) is 0 Å². The van der Waals surface area contributed by atoms with Gasteiger partial charge >= 0.3 is 0 Å². The molecule has 0 bridgehead atoms. The Morgan fingerprint density at radius 3 is 1.59 bits per heavy atom. The fourth-order valence-electron chi connectivity index (χ4n) is 3.53. The Kier molecular flexibility index (Phi) is 21.0. The number of unbranched alkanes of at least 4 members (excludes halogenated alkanes) is 4. The van der Waals surface area contributed by atoms with Gasteiger partial charge < -0.3 is 0 Å². The molecule has 1 aromatic carbocycles. The second-order valence-electron chi connectivity index (χ2n) is 7.78. The number of rotatable bonds is 11. The van der Waals surface area contributed by atoms with E-state index >= 15 is 0 Å². The highest BCUT2D eigenvalue weighted by molar-refractivity contribution is 5.39. The third kappa shape index (κ3) is 13.1. The molecule has 160 valence electrons. The average molecular weight is 377 g/mol. The summed E-state index contributed by atoms with van der Waals surface area (Å²) < 4.78 is 0. The van der Waals surface area contributed by atoms with E-state index in [2.05, 4.69) is 60.6 Å². The van der Waals surface area contributed by atoms with Gasteiger partial charge in [-0.25, -0.2) is 0 Å². The minimum absolute atomic E-state index is 0.781. The summed E-state index contributed by atoms with van der Waals surface area (Å²) in [6, 6.07) is 5.01. The Bertz CT molecular complexity index is 422. The van der Waals surface area contributed by atoms with Crippen molar-refractivity contribution >= 4 is 0 Å². The largest absolute Gasteiger partial charge is 0.0683 e. The van der Waals surface area contributed by atoms with Crippen LogP contribution in [0.5, 0.6) is 0 Å². The zero-order valence-corrected chi connectivity index (χ0v) is 20.5. The van der Waals surface area contributed by atoms with E-state index in [0.717, 1.165) is 5.92 Å². The van der Waals surface area contributed by atoms with Gasteiger partial charge in [-0.1, -0.05) is 106 Å². The van der Waals surface area contributed by atoms with E-state index < -0.39 is 0 Å². The van der Waals surface area contributed by atoms with Crippen molar-refractivity contribution in [2.24, 2.45) is 0 Å². The van der Waals surface area contributed by atoms with E-state index in [1.54, 1.807) is 11.1 Å². The molecule has 0 aliphatic carbocycles. The lowest BCUT2D eigenvalue weighted by molar-refractivity contribution is 0.522. The summed E-state index contributed by atoms with van der Waals surface area (Å²) in [7, 11) is 0. The SMILES string of the molecule is CC.CCC.CCCCCc1cc(C)c(C(CCCC)CCCC)cc1C. The summed E-state index contributed by atoms with van der Waals surface area (Å²) in [6.45, 7) is 19.8. The van der Waals surface area contributed by atoms with E-state index in [4.69, 9.17) is 0 Å². The van der Waals surface area contributed by atoms with Crippen molar-refractivity contribution in [2.45, 2.75) is 139 Å². The molecule has 0 amide bonds. The molecule has 0 N–H and O–H groups in total. The first-order chi connectivity index (χ1) is 13.0. The molecule has 0 aliphatic heterocycles. The van der Waals surface area contributed by atoms with E-state index in [1.165, 1.54) is 81.8 Å². The summed E-state index contributed by atoms with van der Waals surface area (Å²) in [5.74, 6) is 0.781. The molecule has 0 atom stereocenters. The first-order valence-electron chi connectivity index (χ1n) is 12.1. The third-order valence-electron chi connectivity index (χ3n) is 5.03. The normalized spacial score (nSPS) is 10.1. The number of hydrogen-bond donors (Lipinski definition) is 0. The van der Waals surface area contributed by atoms with Crippen molar-refractivity contribution in [3.63, 3.8) is 0 Å². The van der Waals surface area contributed by atoms with Gasteiger partial charge in [-0.15, -0.1) is 0 Å². The molecular weight excluding hydrogens is 324 g/mol. The van der Waals surface area contributed by atoms with Crippen LogP contribution in [0.2, 0.25) is 0 Å². The van der Waals surface area contributed by atoms with Crippen LogP contribution in [0.1, 0.15) is 141 Å². The van der Waals surface area contributed by atoms with Gasteiger partial charge in [-0.05, 0) is 67.7 Å². The Morgan fingerprint density at radius 2 is 1.15 bits per heavy atom. The van der Waals surface area contributed by atoms with Crippen LogP contribution in [0.15, 0.2) is 12.1 Å². The highest BCUT2D eigenvalue weighted by atomic mass is 14.2. The zero-order chi connectivity index (χ0) is 21.1. The second kappa shape index (κ2) is 20.0. The van der Waals surface area contributed by atoms with Gasteiger partial charge in [0.25, 0.3) is 0 Å². The lowest BCUT2D eigenvalue weighted by Crippen LogP contribution is -2.04. The molecule has 1 rings (SSSR count). The molecule has 0 aromatic heterocycles. The summed E-state index contributed by atoms with van der Waals surface area (Å²) in [4.78, 5) is 0. The predicted molar refractivity (Wildman–Crippen MR) is 128 cm³/mol. The van der Waals surface area contributed by atoms with Gasteiger partial charge in [0.15, 0.2) is 0 Å². The van der Waals surface area contributed by atoms with Crippen LogP contribution in [0.4, 0.5) is 0 Å². The maximum absolute atomic E-state index is 2.52. The van der Waals surface area contributed by atoms with Crippen LogP contribution in [0.25, 0.3) is 0 Å². The maximum Gasteiger partial charge on any atom is -0.0159 e. The summed E-state index contributed by atoms with van der Waals surface area (Å²) in [6.07, 6.45) is 14.6. The fraction of sp³-hybridized carbons (Fsp3) is 0.778. The van der Waals surface area contributed by atoms with Gasteiger partial charge in [0.05, 0.1) is 0 Å². The Balaban J connectivity index is 0. The molecule has 0 fully saturated rings. The molecule has 0 saturated carbocycles. The van der Waals surface area contributed by atoms with Crippen molar-refractivity contribution in [1.29, 1.82) is 0 Å². The van der Waals surface area contributed by atoms with Crippen LogP contribution >= 0.6 is 0 Å². The lowest BCUT2D eigenvalue weighted by Gasteiger charge is -2.21. The minimum atomic E-state index is 0.781. The Labute approximate surface area is 173 Å². The summed E-state index contributed by atoms with van der Waals surface area (Å²) >= 11 is 0. The van der Waals surface area contributed by atoms with Crippen molar-refractivity contribution in [3.8, 4) is 0 Å². The number of aryl methyl sites for hydroxylation is 3. The molecule has 0 heterocycles.